The van der Waals surface area contributed by atoms with E-state index in [4.69, 9.17) is 16.3 Å². The summed E-state index contributed by atoms with van der Waals surface area (Å²) in [4.78, 5) is 34.6. The molecular formula is C19H27ClN4O3. The van der Waals surface area contributed by atoms with Gasteiger partial charge in [-0.1, -0.05) is 11.6 Å². The molecular weight excluding hydrogens is 368 g/mol. The van der Waals surface area contributed by atoms with Crippen LogP contribution in [0.25, 0.3) is 0 Å². The van der Waals surface area contributed by atoms with E-state index in [0.29, 0.717) is 18.2 Å². The number of halogens is 1. The normalized spacial score (nSPS) is 21.3. The van der Waals surface area contributed by atoms with Crippen molar-refractivity contribution in [2.75, 3.05) is 29.9 Å². The first kappa shape index (κ1) is 19.7. The first-order valence-electron chi connectivity index (χ1n) is 9.28. The van der Waals surface area contributed by atoms with Crippen LogP contribution in [0.5, 0.6) is 0 Å². The molecule has 3 rings (SSSR count). The Bertz CT molecular complexity index is 741. The van der Waals surface area contributed by atoms with Gasteiger partial charge >= 0.3 is 6.09 Å². The SMILES string of the molecule is C[C@@H]1C(=O)N(C)c2cnc(Cl)cc2N1C1CCN(C(=O)OC(C)(C)C)CC1. The number of likely N-dealkylation sites (tertiary alicyclic amines) is 1. The summed E-state index contributed by atoms with van der Waals surface area (Å²) >= 11 is 6.13. The van der Waals surface area contributed by atoms with Gasteiger partial charge in [-0.05, 0) is 40.5 Å². The summed E-state index contributed by atoms with van der Waals surface area (Å²) in [5.41, 5.74) is 1.17. The highest BCUT2D eigenvalue weighted by molar-refractivity contribution is 6.30. The molecule has 0 N–H and O–H groups in total. The fraction of sp³-hybridized carbons (Fsp3) is 0.632. The summed E-state index contributed by atoms with van der Waals surface area (Å²) in [5.74, 6) is 0.0289. The van der Waals surface area contributed by atoms with Crippen LogP contribution in [0.2, 0.25) is 5.15 Å². The predicted octanol–water partition coefficient (Wildman–Crippen LogP) is 3.31. The number of nitrogens with zero attached hydrogens (tertiary/aromatic N) is 4. The molecule has 3 heterocycles. The zero-order valence-electron chi connectivity index (χ0n) is 16.5. The van der Waals surface area contributed by atoms with E-state index in [1.54, 1.807) is 23.0 Å². The van der Waals surface area contributed by atoms with E-state index < -0.39 is 5.60 Å². The molecule has 148 valence electrons. The minimum absolute atomic E-state index is 0.0289. The van der Waals surface area contributed by atoms with Gasteiger partial charge in [-0.2, -0.15) is 0 Å². The molecule has 2 aliphatic rings. The van der Waals surface area contributed by atoms with Crippen molar-refractivity contribution in [1.82, 2.24) is 9.88 Å². The van der Waals surface area contributed by atoms with E-state index in [1.807, 2.05) is 33.8 Å². The van der Waals surface area contributed by atoms with E-state index in [1.165, 1.54) is 0 Å². The number of rotatable bonds is 1. The molecule has 0 unspecified atom stereocenters. The number of hydrogen-bond acceptors (Lipinski definition) is 5. The molecule has 0 bridgehead atoms. The Morgan fingerprint density at radius 3 is 2.48 bits per heavy atom. The van der Waals surface area contributed by atoms with Crippen LogP contribution in [0.15, 0.2) is 12.3 Å². The van der Waals surface area contributed by atoms with E-state index >= 15 is 0 Å². The van der Waals surface area contributed by atoms with Gasteiger partial charge in [0.25, 0.3) is 0 Å². The number of amides is 2. The second-order valence-corrected chi connectivity index (χ2v) is 8.56. The average molecular weight is 395 g/mol. The van der Waals surface area contributed by atoms with Crippen molar-refractivity contribution < 1.29 is 14.3 Å². The third kappa shape index (κ3) is 3.98. The summed E-state index contributed by atoms with van der Waals surface area (Å²) in [6.07, 6.45) is 2.89. The fourth-order valence-corrected chi connectivity index (χ4v) is 3.92. The number of ether oxygens (including phenoxy) is 1. The number of carbonyl (C=O) groups is 2. The molecule has 0 spiro atoms. The number of aromatic nitrogens is 1. The molecule has 0 aliphatic carbocycles. The predicted molar refractivity (Wildman–Crippen MR) is 105 cm³/mol. The van der Waals surface area contributed by atoms with E-state index in [-0.39, 0.29) is 24.1 Å². The first-order valence-corrected chi connectivity index (χ1v) is 9.65. The van der Waals surface area contributed by atoms with Crippen LogP contribution in [-0.2, 0) is 9.53 Å². The quantitative estimate of drug-likeness (QED) is 0.683. The maximum Gasteiger partial charge on any atom is 0.410 e. The van der Waals surface area contributed by atoms with Gasteiger partial charge in [0.2, 0.25) is 5.91 Å². The Labute approximate surface area is 165 Å². The molecule has 1 aromatic rings. The summed E-state index contributed by atoms with van der Waals surface area (Å²) < 4.78 is 5.47. The summed E-state index contributed by atoms with van der Waals surface area (Å²) in [6.45, 7) is 8.70. The molecule has 2 aliphatic heterocycles. The maximum atomic E-state index is 12.7. The van der Waals surface area contributed by atoms with E-state index in [2.05, 4.69) is 9.88 Å². The zero-order valence-corrected chi connectivity index (χ0v) is 17.3. The minimum atomic E-state index is -0.505. The van der Waals surface area contributed by atoms with Crippen molar-refractivity contribution >= 4 is 35.0 Å². The zero-order chi connectivity index (χ0) is 19.9. The molecule has 1 fully saturated rings. The maximum absolute atomic E-state index is 12.7. The molecule has 0 radical (unpaired) electrons. The van der Waals surface area contributed by atoms with Gasteiger partial charge in [-0.3, -0.25) is 4.79 Å². The lowest BCUT2D eigenvalue weighted by Gasteiger charge is -2.46. The van der Waals surface area contributed by atoms with Crippen LogP contribution >= 0.6 is 11.6 Å². The molecule has 1 atom stereocenters. The number of carbonyl (C=O) groups excluding carboxylic acids is 2. The van der Waals surface area contributed by atoms with Gasteiger partial charge in [0.05, 0.1) is 17.6 Å². The van der Waals surface area contributed by atoms with Crippen molar-refractivity contribution in [2.24, 2.45) is 0 Å². The van der Waals surface area contributed by atoms with E-state index in [9.17, 15) is 9.59 Å². The number of pyridine rings is 1. The van der Waals surface area contributed by atoms with Gasteiger partial charge in [-0.15, -0.1) is 0 Å². The van der Waals surface area contributed by atoms with Crippen molar-refractivity contribution in [1.29, 1.82) is 0 Å². The Hall–Kier alpha value is -2.02. The Balaban J connectivity index is 1.78. The molecule has 0 saturated carbocycles. The van der Waals surface area contributed by atoms with Crippen LogP contribution in [0.1, 0.15) is 40.5 Å². The number of hydrogen-bond donors (Lipinski definition) is 0. The van der Waals surface area contributed by atoms with Crippen LogP contribution in [0.4, 0.5) is 16.2 Å². The number of likely N-dealkylation sites (N-methyl/N-ethyl adjacent to an activating group) is 1. The smallest absolute Gasteiger partial charge is 0.410 e. The second kappa shape index (κ2) is 7.19. The average Bonchev–Trinajstić information content (AvgIpc) is 2.59. The van der Waals surface area contributed by atoms with Crippen LogP contribution in [-0.4, -0.2) is 59.7 Å². The summed E-state index contributed by atoms with van der Waals surface area (Å²) in [5, 5.41) is 0.403. The third-order valence-electron chi connectivity index (χ3n) is 5.08. The van der Waals surface area contributed by atoms with Gasteiger partial charge in [0.15, 0.2) is 0 Å². The van der Waals surface area contributed by atoms with Crippen molar-refractivity contribution in [3.05, 3.63) is 17.4 Å². The molecule has 1 saturated heterocycles. The molecule has 7 nitrogen and oxygen atoms in total. The lowest BCUT2D eigenvalue weighted by Crippen LogP contribution is -2.57. The van der Waals surface area contributed by atoms with Crippen molar-refractivity contribution in [3.63, 3.8) is 0 Å². The third-order valence-corrected chi connectivity index (χ3v) is 5.29. The lowest BCUT2D eigenvalue weighted by atomic mass is 9.98. The van der Waals surface area contributed by atoms with Crippen LogP contribution in [0, 0.1) is 0 Å². The molecule has 1 aromatic heterocycles. The largest absolute Gasteiger partial charge is 0.444 e. The van der Waals surface area contributed by atoms with Gasteiger partial charge < -0.3 is 19.4 Å². The van der Waals surface area contributed by atoms with Gasteiger partial charge in [0.1, 0.15) is 16.8 Å². The van der Waals surface area contributed by atoms with Crippen molar-refractivity contribution in [2.45, 2.75) is 58.2 Å². The molecule has 27 heavy (non-hydrogen) atoms. The Kier molecular flexibility index (Phi) is 5.25. The van der Waals surface area contributed by atoms with E-state index in [0.717, 1.165) is 24.2 Å². The second-order valence-electron chi connectivity index (χ2n) is 8.17. The Morgan fingerprint density at radius 1 is 1.26 bits per heavy atom. The molecule has 8 heteroatoms. The standard InChI is InChI=1S/C19H27ClN4O3/c1-12-17(25)22(5)15-11-21-16(20)10-14(15)24(12)13-6-8-23(9-7-13)18(26)27-19(2,3)4/h10-13H,6-9H2,1-5H3/t12-/m1/s1. The van der Waals surface area contributed by atoms with Crippen LogP contribution in [0.3, 0.4) is 0 Å². The van der Waals surface area contributed by atoms with Gasteiger partial charge in [-0.25, -0.2) is 9.78 Å². The van der Waals surface area contributed by atoms with Gasteiger partial charge in [0, 0.05) is 32.2 Å². The highest BCUT2D eigenvalue weighted by Gasteiger charge is 2.39. The first-order chi connectivity index (χ1) is 12.6. The van der Waals surface area contributed by atoms with Crippen molar-refractivity contribution in [3.8, 4) is 0 Å². The minimum Gasteiger partial charge on any atom is -0.444 e. The summed E-state index contributed by atoms with van der Waals surface area (Å²) in [6, 6.07) is 1.67. The fourth-order valence-electron chi connectivity index (χ4n) is 3.77. The monoisotopic (exact) mass is 394 g/mol. The Morgan fingerprint density at radius 2 is 1.89 bits per heavy atom. The van der Waals surface area contributed by atoms with Crippen LogP contribution < -0.4 is 9.80 Å². The molecule has 0 aromatic carbocycles. The summed E-state index contributed by atoms with van der Waals surface area (Å²) in [7, 11) is 1.76. The lowest BCUT2D eigenvalue weighted by molar-refractivity contribution is -0.119. The molecule has 2 amide bonds. The highest BCUT2D eigenvalue weighted by Crippen LogP contribution is 2.39. The topological polar surface area (TPSA) is 66.0 Å². The highest BCUT2D eigenvalue weighted by atomic mass is 35.5. The number of anilines is 2. The number of piperidine rings is 1. The number of fused-ring (bicyclic) bond motifs is 1.